The molecule has 0 aliphatic rings. The monoisotopic (exact) mass is 304 g/mol. The minimum Gasteiger partial charge on any atom is -0.475 e. The Hall–Kier alpha value is -1.87. The van der Waals surface area contributed by atoms with Crippen molar-refractivity contribution in [1.82, 2.24) is 10.0 Å². The van der Waals surface area contributed by atoms with Crippen molar-refractivity contribution < 1.29 is 27.5 Å². The Morgan fingerprint density at radius 2 is 2.05 bits per heavy atom. The SMILES string of the molecule is CCNC(=O)C(C)NS(=O)(=O)c1cc(C(=O)O)oc1C. The van der Waals surface area contributed by atoms with Gasteiger partial charge in [0.05, 0.1) is 6.04 Å². The molecule has 0 bridgehead atoms. The highest BCUT2D eigenvalue weighted by Gasteiger charge is 2.27. The molecule has 0 saturated carbocycles. The molecule has 1 heterocycles. The zero-order valence-corrected chi connectivity index (χ0v) is 12.1. The maximum atomic E-state index is 12.1. The Kier molecular flexibility index (Phi) is 4.90. The summed E-state index contributed by atoms with van der Waals surface area (Å²) in [6.45, 7) is 4.80. The summed E-state index contributed by atoms with van der Waals surface area (Å²) >= 11 is 0. The van der Waals surface area contributed by atoms with Crippen molar-refractivity contribution in [3.63, 3.8) is 0 Å². The summed E-state index contributed by atoms with van der Waals surface area (Å²) in [4.78, 5) is 21.9. The third-order valence-corrected chi connectivity index (χ3v) is 4.10. The predicted octanol–water partition coefficient (Wildman–Crippen LogP) is 0.0891. The van der Waals surface area contributed by atoms with Gasteiger partial charge in [0.2, 0.25) is 21.7 Å². The van der Waals surface area contributed by atoms with E-state index in [9.17, 15) is 18.0 Å². The third-order valence-electron chi connectivity index (χ3n) is 2.45. The lowest BCUT2D eigenvalue weighted by atomic mass is 10.3. The molecule has 1 aromatic rings. The van der Waals surface area contributed by atoms with Gasteiger partial charge in [0.1, 0.15) is 10.7 Å². The Morgan fingerprint density at radius 1 is 1.45 bits per heavy atom. The normalized spacial score (nSPS) is 12.9. The van der Waals surface area contributed by atoms with Crippen molar-refractivity contribution >= 4 is 21.9 Å². The molecule has 1 aromatic heterocycles. The van der Waals surface area contributed by atoms with Crippen LogP contribution in [-0.4, -0.2) is 38.0 Å². The van der Waals surface area contributed by atoms with Crippen LogP contribution in [0.5, 0.6) is 0 Å². The topological polar surface area (TPSA) is 126 Å². The average molecular weight is 304 g/mol. The first kappa shape index (κ1) is 16.2. The third kappa shape index (κ3) is 3.58. The lowest BCUT2D eigenvalue weighted by Crippen LogP contribution is -2.44. The zero-order chi connectivity index (χ0) is 15.5. The van der Waals surface area contributed by atoms with Crippen LogP contribution in [0.1, 0.15) is 30.2 Å². The van der Waals surface area contributed by atoms with E-state index in [1.165, 1.54) is 13.8 Å². The van der Waals surface area contributed by atoms with Crippen LogP contribution in [0.15, 0.2) is 15.4 Å². The van der Waals surface area contributed by atoms with Crippen molar-refractivity contribution in [3.8, 4) is 0 Å². The van der Waals surface area contributed by atoms with E-state index in [4.69, 9.17) is 9.52 Å². The number of carbonyl (C=O) groups excluding carboxylic acids is 1. The molecule has 0 saturated heterocycles. The molecular formula is C11H16N2O6S. The molecule has 0 fully saturated rings. The molecular weight excluding hydrogens is 288 g/mol. The van der Waals surface area contributed by atoms with Gasteiger partial charge in [-0.25, -0.2) is 13.2 Å². The number of likely N-dealkylation sites (N-methyl/N-ethyl adjacent to an activating group) is 1. The minimum atomic E-state index is -4.03. The summed E-state index contributed by atoms with van der Waals surface area (Å²) in [6, 6.07) is -0.0766. The molecule has 9 heteroatoms. The van der Waals surface area contributed by atoms with E-state index >= 15 is 0 Å². The van der Waals surface area contributed by atoms with Gasteiger partial charge in [-0.15, -0.1) is 0 Å². The van der Waals surface area contributed by atoms with Gasteiger partial charge in [0, 0.05) is 12.6 Å². The molecule has 20 heavy (non-hydrogen) atoms. The first-order valence-electron chi connectivity index (χ1n) is 5.82. The summed E-state index contributed by atoms with van der Waals surface area (Å²) < 4.78 is 31.1. The summed E-state index contributed by atoms with van der Waals surface area (Å²) in [5, 5.41) is 11.2. The van der Waals surface area contributed by atoms with Crippen LogP contribution in [-0.2, 0) is 14.8 Å². The standard InChI is InChI=1S/C11H16N2O6S/c1-4-12-10(14)6(2)13-20(17,18)9-5-8(11(15)16)19-7(9)3/h5-6,13H,4H2,1-3H3,(H,12,14)(H,15,16). The molecule has 112 valence electrons. The lowest BCUT2D eigenvalue weighted by Gasteiger charge is -2.13. The second-order valence-corrected chi connectivity index (χ2v) is 5.76. The number of carboxylic acid groups (broad SMARTS) is 1. The van der Waals surface area contributed by atoms with E-state index in [2.05, 4.69) is 10.0 Å². The molecule has 3 N–H and O–H groups in total. The van der Waals surface area contributed by atoms with Crippen molar-refractivity contribution in [3.05, 3.63) is 17.6 Å². The van der Waals surface area contributed by atoms with Crippen LogP contribution >= 0.6 is 0 Å². The molecule has 1 unspecified atom stereocenters. The lowest BCUT2D eigenvalue weighted by molar-refractivity contribution is -0.122. The number of nitrogens with one attached hydrogen (secondary N) is 2. The number of carboxylic acids is 1. The predicted molar refractivity (Wildman–Crippen MR) is 68.9 cm³/mol. The second kappa shape index (κ2) is 6.06. The Bertz CT molecular complexity index is 619. The quantitative estimate of drug-likeness (QED) is 0.683. The highest BCUT2D eigenvalue weighted by Crippen LogP contribution is 2.20. The maximum absolute atomic E-state index is 12.1. The Balaban J connectivity index is 3.00. The largest absolute Gasteiger partial charge is 0.475 e. The van der Waals surface area contributed by atoms with Crippen LogP contribution in [0.2, 0.25) is 0 Å². The number of furan rings is 1. The van der Waals surface area contributed by atoms with Crippen LogP contribution in [0, 0.1) is 6.92 Å². The fourth-order valence-electron chi connectivity index (χ4n) is 1.51. The summed E-state index contributed by atoms with van der Waals surface area (Å²) in [5.74, 6) is -2.38. The summed E-state index contributed by atoms with van der Waals surface area (Å²) in [7, 11) is -4.03. The summed E-state index contributed by atoms with van der Waals surface area (Å²) in [5.41, 5.74) is 0. The number of sulfonamides is 1. The van der Waals surface area contributed by atoms with Crippen molar-refractivity contribution in [2.45, 2.75) is 31.7 Å². The summed E-state index contributed by atoms with van der Waals surface area (Å²) in [6.07, 6.45) is 0. The maximum Gasteiger partial charge on any atom is 0.371 e. The number of aryl methyl sites for hydroxylation is 1. The van der Waals surface area contributed by atoms with Gasteiger partial charge in [-0.1, -0.05) is 0 Å². The van der Waals surface area contributed by atoms with Gasteiger partial charge in [0.25, 0.3) is 0 Å². The first-order valence-corrected chi connectivity index (χ1v) is 7.31. The van der Waals surface area contributed by atoms with Crippen LogP contribution in [0.4, 0.5) is 0 Å². The van der Waals surface area contributed by atoms with Crippen LogP contribution in [0.3, 0.4) is 0 Å². The molecule has 1 rings (SSSR count). The zero-order valence-electron chi connectivity index (χ0n) is 11.3. The Labute approximate surface area is 116 Å². The number of rotatable bonds is 6. The highest BCUT2D eigenvalue weighted by atomic mass is 32.2. The van der Waals surface area contributed by atoms with Crippen molar-refractivity contribution in [2.24, 2.45) is 0 Å². The Morgan fingerprint density at radius 3 is 2.50 bits per heavy atom. The van der Waals surface area contributed by atoms with Gasteiger partial charge in [-0.3, -0.25) is 4.79 Å². The smallest absolute Gasteiger partial charge is 0.371 e. The van der Waals surface area contributed by atoms with Gasteiger partial charge >= 0.3 is 5.97 Å². The molecule has 0 aliphatic heterocycles. The molecule has 0 aliphatic carbocycles. The van der Waals surface area contributed by atoms with Gasteiger partial charge in [0.15, 0.2) is 0 Å². The van der Waals surface area contributed by atoms with Crippen LogP contribution < -0.4 is 10.0 Å². The van der Waals surface area contributed by atoms with E-state index < -0.39 is 33.7 Å². The van der Waals surface area contributed by atoms with E-state index in [1.54, 1.807) is 6.92 Å². The molecule has 1 atom stereocenters. The number of aromatic carboxylic acids is 1. The van der Waals surface area contributed by atoms with E-state index in [0.717, 1.165) is 6.07 Å². The molecule has 8 nitrogen and oxygen atoms in total. The molecule has 0 radical (unpaired) electrons. The average Bonchev–Trinajstić information content (AvgIpc) is 2.72. The number of hydrogen-bond acceptors (Lipinski definition) is 5. The highest BCUT2D eigenvalue weighted by molar-refractivity contribution is 7.89. The number of hydrogen-bond donors (Lipinski definition) is 3. The molecule has 1 amide bonds. The van der Waals surface area contributed by atoms with Crippen LogP contribution in [0.25, 0.3) is 0 Å². The first-order chi connectivity index (χ1) is 9.19. The van der Waals surface area contributed by atoms with Gasteiger partial charge in [-0.05, 0) is 20.8 Å². The fraction of sp³-hybridized carbons (Fsp3) is 0.455. The van der Waals surface area contributed by atoms with E-state index in [1.807, 2.05) is 0 Å². The van der Waals surface area contributed by atoms with Gasteiger partial charge < -0.3 is 14.8 Å². The minimum absolute atomic E-state index is 0.0574. The fourth-order valence-corrected chi connectivity index (χ4v) is 2.90. The number of carbonyl (C=O) groups is 2. The van der Waals surface area contributed by atoms with Crippen molar-refractivity contribution in [1.29, 1.82) is 0 Å². The van der Waals surface area contributed by atoms with Gasteiger partial charge in [-0.2, -0.15) is 4.72 Å². The van der Waals surface area contributed by atoms with Crippen molar-refractivity contribution in [2.75, 3.05) is 6.54 Å². The molecule has 0 aromatic carbocycles. The number of amides is 1. The van der Waals surface area contributed by atoms with E-state index in [0.29, 0.717) is 6.54 Å². The molecule has 0 spiro atoms. The second-order valence-electron chi connectivity index (χ2n) is 4.07. The van der Waals surface area contributed by atoms with E-state index in [-0.39, 0.29) is 10.7 Å².